The predicted molar refractivity (Wildman–Crippen MR) is 110 cm³/mol. The Morgan fingerprint density at radius 1 is 1.19 bits per heavy atom. The molecule has 1 aromatic heterocycles. The zero-order valence-electron chi connectivity index (χ0n) is 15.9. The van der Waals surface area contributed by atoms with Gasteiger partial charge in [0.25, 0.3) is 0 Å². The molecule has 0 aromatic carbocycles. The second-order valence-corrected chi connectivity index (χ2v) is 10.2. The van der Waals surface area contributed by atoms with Gasteiger partial charge in [-0.25, -0.2) is 13.1 Å². The van der Waals surface area contributed by atoms with Gasteiger partial charge in [-0.2, -0.15) is 0 Å². The fourth-order valence-electron chi connectivity index (χ4n) is 2.44. The standard InChI is InChI=1S/C17H31N3O3S2.ClH/c1-12(2)9-14(11-18)20-25(22,23)17-6-5-15(24-17)7-8-19-16(21)10-13(3)4;/h5-6,12-14,20H,7-11,18H2,1-4H3,(H,19,21);1H. The third kappa shape index (κ3) is 9.32. The lowest BCUT2D eigenvalue weighted by atomic mass is 10.1. The van der Waals surface area contributed by atoms with Crippen LogP contribution in [-0.2, 0) is 21.2 Å². The van der Waals surface area contributed by atoms with E-state index in [-0.39, 0.29) is 30.9 Å². The first kappa shape index (κ1) is 25.3. The van der Waals surface area contributed by atoms with Gasteiger partial charge in [-0.05, 0) is 36.8 Å². The number of hydrogen-bond donors (Lipinski definition) is 3. The molecule has 1 aromatic rings. The smallest absolute Gasteiger partial charge is 0.250 e. The van der Waals surface area contributed by atoms with Crippen molar-refractivity contribution in [2.45, 2.75) is 57.2 Å². The van der Waals surface area contributed by atoms with Crippen LogP contribution in [0.4, 0.5) is 0 Å². The zero-order chi connectivity index (χ0) is 19.0. The summed E-state index contributed by atoms with van der Waals surface area (Å²) in [5.74, 6) is 0.719. The van der Waals surface area contributed by atoms with Gasteiger partial charge in [0, 0.05) is 30.4 Å². The summed E-state index contributed by atoms with van der Waals surface area (Å²) in [6, 6.07) is 3.15. The molecule has 9 heteroatoms. The lowest BCUT2D eigenvalue weighted by Crippen LogP contribution is -2.40. The molecule has 1 atom stereocenters. The minimum Gasteiger partial charge on any atom is -0.356 e. The van der Waals surface area contributed by atoms with Crippen LogP contribution in [0.5, 0.6) is 0 Å². The Morgan fingerprint density at radius 2 is 1.85 bits per heavy atom. The van der Waals surface area contributed by atoms with Gasteiger partial charge < -0.3 is 11.1 Å². The second kappa shape index (κ2) is 11.9. The van der Waals surface area contributed by atoms with E-state index in [4.69, 9.17) is 5.73 Å². The van der Waals surface area contributed by atoms with E-state index < -0.39 is 10.0 Å². The number of sulfonamides is 1. The average Bonchev–Trinajstić information content (AvgIpc) is 2.94. The van der Waals surface area contributed by atoms with Crippen LogP contribution in [0, 0.1) is 11.8 Å². The summed E-state index contributed by atoms with van der Waals surface area (Å²) in [7, 11) is -3.55. The van der Waals surface area contributed by atoms with E-state index >= 15 is 0 Å². The van der Waals surface area contributed by atoms with E-state index in [0.29, 0.717) is 41.9 Å². The van der Waals surface area contributed by atoms with Crippen molar-refractivity contribution >= 4 is 39.7 Å². The molecule has 0 radical (unpaired) electrons. The third-order valence-electron chi connectivity index (χ3n) is 3.55. The normalized spacial score (nSPS) is 12.9. The molecule has 6 nitrogen and oxygen atoms in total. The maximum Gasteiger partial charge on any atom is 0.250 e. The summed E-state index contributed by atoms with van der Waals surface area (Å²) in [4.78, 5) is 12.6. The highest BCUT2D eigenvalue weighted by atomic mass is 35.5. The molecular weight excluding hydrogens is 394 g/mol. The summed E-state index contributed by atoms with van der Waals surface area (Å²) in [6.45, 7) is 8.85. The first-order valence-electron chi connectivity index (χ1n) is 8.71. The van der Waals surface area contributed by atoms with Gasteiger partial charge >= 0.3 is 0 Å². The highest BCUT2D eigenvalue weighted by molar-refractivity contribution is 7.91. The highest BCUT2D eigenvalue weighted by Gasteiger charge is 2.21. The molecule has 1 amide bonds. The van der Waals surface area contributed by atoms with E-state index in [1.807, 2.05) is 27.7 Å². The van der Waals surface area contributed by atoms with Crippen LogP contribution in [-0.4, -0.2) is 33.5 Å². The van der Waals surface area contributed by atoms with Crippen molar-refractivity contribution in [2.24, 2.45) is 17.6 Å². The molecule has 0 bridgehead atoms. The van der Waals surface area contributed by atoms with Gasteiger partial charge in [-0.3, -0.25) is 4.79 Å². The van der Waals surface area contributed by atoms with Gasteiger partial charge in [0.1, 0.15) is 4.21 Å². The van der Waals surface area contributed by atoms with Gasteiger partial charge in [-0.15, -0.1) is 23.7 Å². The highest BCUT2D eigenvalue weighted by Crippen LogP contribution is 2.22. The topological polar surface area (TPSA) is 101 Å². The Kier molecular flexibility index (Phi) is 11.6. The molecule has 152 valence electrons. The summed E-state index contributed by atoms with van der Waals surface area (Å²) < 4.78 is 27.9. The Bertz CT molecular complexity index is 645. The number of nitrogens with one attached hydrogen (secondary N) is 2. The molecular formula is C17H32ClN3O3S2. The van der Waals surface area contributed by atoms with Crippen LogP contribution in [0.2, 0.25) is 0 Å². The van der Waals surface area contributed by atoms with Crippen molar-refractivity contribution in [3.63, 3.8) is 0 Å². The zero-order valence-corrected chi connectivity index (χ0v) is 18.4. The number of carbonyl (C=O) groups excluding carboxylic acids is 1. The van der Waals surface area contributed by atoms with Crippen LogP contribution in [0.3, 0.4) is 0 Å². The first-order chi connectivity index (χ1) is 11.6. The summed E-state index contributed by atoms with van der Waals surface area (Å²) in [6.07, 6.45) is 1.83. The molecule has 1 heterocycles. The Morgan fingerprint density at radius 3 is 2.38 bits per heavy atom. The molecule has 0 aliphatic rings. The van der Waals surface area contributed by atoms with Gasteiger partial charge in [-0.1, -0.05) is 27.7 Å². The molecule has 0 saturated carbocycles. The van der Waals surface area contributed by atoms with Crippen LogP contribution in [0.15, 0.2) is 16.3 Å². The van der Waals surface area contributed by atoms with Crippen molar-refractivity contribution in [2.75, 3.05) is 13.1 Å². The van der Waals surface area contributed by atoms with Crippen LogP contribution >= 0.6 is 23.7 Å². The Hall–Kier alpha value is -0.670. The predicted octanol–water partition coefficient (Wildman–Crippen LogP) is 2.53. The Labute approximate surface area is 167 Å². The van der Waals surface area contributed by atoms with Crippen LogP contribution < -0.4 is 15.8 Å². The van der Waals surface area contributed by atoms with Crippen molar-refractivity contribution in [3.8, 4) is 0 Å². The Balaban J connectivity index is 0.00000625. The van der Waals surface area contributed by atoms with E-state index in [0.717, 1.165) is 4.88 Å². The summed E-state index contributed by atoms with van der Waals surface area (Å²) >= 11 is 1.23. The van der Waals surface area contributed by atoms with Crippen molar-refractivity contribution < 1.29 is 13.2 Å². The maximum absolute atomic E-state index is 12.5. The molecule has 0 saturated heterocycles. The second-order valence-electron chi connectivity index (χ2n) is 7.10. The van der Waals surface area contributed by atoms with Crippen molar-refractivity contribution in [3.05, 3.63) is 17.0 Å². The SMILES string of the molecule is CC(C)CC(=O)NCCc1ccc(S(=O)(=O)NC(CN)CC(C)C)s1.Cl. The lowest BCUT2D eigenvalue weighted by Gasteiger charge is -2.18. The van der Waals surface area contributed by atoms with Gasteiger partial charge in [0.05, 0.1) is 0 Å². The number of thiophene rings is 1. The van der Waals surface area contributed by atoms with Crippen molar-refractivity contribution in [1.29, 1.82) is 0 Å². The van der Waals surface area contributed by atoms with Crippen LogP contribution in [0.25, 0.3) is 0 Å². The number of rotatable bonds is 11. The fraction of sp³-hybridized carbons (Fsp3) is 0.706. The number of carbonyl (C=O) groups is 1. The molecule has 0 fully saturated rings. The van der Waals surface area contributed by atoms with E-state index in [9.17, 15) is 13.2 Å². The molecule has 0 aliphatic heterocycles. The van der Waals surface area contributed by atoms with E-state index in [1.165, 1.54) is 11.3 Å². The fourth-order valence-corrected chi connectivity index (χ4v) is 5.08. The minimum absolute atomic E-state index is 0. The number of nitrogens with two attached hydrogens (primary N) is 1. The molecule has 4 N–H and O–H groups in total. The third-order valence-corrected chi connectivity index (χ3v) is 6.71. The average molecular weight is 426 g/mol. The molecule has 0 spiro atoms. The van der Waals surface area contributed by atoms with Crippen LogP contribution in [0.1, 0.15) is 45.4 Å². The number of hydrogen-bond acceptors (Lipinski definition) is 5. The first-order valence-corrected chi connectivity index (χ1v) is 11.0. The van der Waals surface area contributed by atoms with Gasteiger partial charge in [0.2, 0.25) is 15.9 Å². The molecule has 1 unspecified atom stereocenters. The number of halogens is 1. The van der Waals surface area contributed by atoms with E-state index in [1.54, 1.807) is 12.1 Å². The maximum atomic E-state index is 12.5. The summed E-state index contributed by atoms with van der Waals surface area (Å²) in [5.41, 5.74) is 5.68. The molecule has 0 aliphatic carbocycles. The summed E-state index contributed by atoms with van der Waals surface area (Å²) in [5, 5.41) is 2.86. The molecule has 26 heavy (non-hydrogen) atoms. The van der Waals surface area contributed by atoms with Crippen molar-refractivity contribution in [1.82, 2.24) is 10.0 Å². The monoisotopic (exact) mass is 425 g/mol. The lowest BCUT2D eigenvalue weighted by molar-refractivity contribution is -0.121. The minimum atomic E-state index is -3.55. The van der Waals surface area contributed by atoms with E-state index in [2.05, 4.69) is 10.0 Å². The quantitative estimate of drug-likeness (QED) is 0.507. The molecule has 1 rings (SSSR count). The number of amides is 1. The largest absolute Gasteiger partial charge is 0.356 e. The van der Waals surface area contributed by atoms with Gasteiger partial charge in [0.15, 0.2) is 0 Å².